The average molecular weight is 255 g/mol. The molecule has 0 spiro atoms. The number of nitrogens with zero attached hydrogens (tertiary/aromatic N) is 1. The molecule has 0 saturated carbocycles. The number of unbranched alkanes of at least 4 members (excludes halogenated alkanes) is 1. The number of aromatic nitrogens is 1. The van der Waals surface area contributed by atoms with Crippen LogP contribution in [-0.2, 0) is 6.42 Å². The highest BCUT2D eigenvalue weighted by molar-refractivity contribution is 5.95. The van der Waals surface area contributed by atoms with Gasteiger partial charge in [0.2, 0.25) is 0 Å². The summed E-state index contributed by atoms with van der Waals surface area (Å²) in [6.45, 7) is 2.17. The van der Waals surface area contributed by atoms with Gasteiger partial charge in [-0.05, 0) is 30.0 Å². The Morgan fingerprint density at radius 3 is 2.58 bits per heavy atom. The van der Waals surface area contributed by atoms with Crippen molar-refractivity contribution in [3.05, 3.63) is 53.9 Å². The van der Waals surface area contributed by atoms with E-state index in [1.807, 2.05) is 12.1 Å². The van der Waals surface area contributed by atoms with E-state index in [4.69, 9.17) is 5.11 Å². The zero-order chi connectivity index (χ0) is 13.7. The monoisotopic (exact) mass is 255 g/mol. The second kappa shape index (κ2) is 6.14. The first kappa shape index (κ1) is 13.3. The van der Waals surface area contributed by atoms with Gasteiger partial charge in [0.1, 0.15) is 0 Å². The molecule has 0 atom stereocenters. The molecule has 0 bridgehead atoms. The minimum Gasteiger partial charge on any atom is -0.478 e. The molecule has 0 amide bonds. The summed E-state index contributed by atoms with van der Waals surface area (Å²) in [5.74, 6) is -0.924. The molecular formula is C16H17NO2. The largest absolute Gasteiger partial charge is 0.478 e. The molecule has 2 rings (SSSR count). The van der Waals surface area contributed by atoms with Crippen LogP contribution in [0.2, 0.25) is 0 Å². The maximum Gasteiger partial charge on any atom is 0.336 e. The number of pyridine rings is 1. The summed E-state index contributed by atoms with van der Waals surface area (Å²) < 4.78 is 0. The molecular weight excluding hydrogens is 238 g/mol. The number of rotatable bonds is 5. The minimum atomic E-state index is -0.924. The predicted molar refractivity (Wildman–Crippen MR) is 75.2 cm³/mol. The Labute approximate surface area is 112 Å². The molecule has 0 aliphatic rings. The Morgan fingerprint density at radius 2 is 1.95 bits per heavy atom. The summed E-state index contributed by atoms with van der Waals surface area (Å²) in [4.78, 5) is 15.2. The zero-order valence-corrected chi connectivity index (χ0v) is 11.0. The van der Waals surface area contributed by atoms with Gasteiger partial charge < -0.3 is 5.11 Å². The zero-order valence-electron chi connectivity index (χ0n) is 11.0. The average Bonchev–Trinajstić information content (AvgIpc) is 2.45. The number of carboxylic acid groups (broad SMARTS) is 1. The Kier molecular flexibility index (Phi) is 4.29. The SMILES string of the molecule is CCCCc1ccc(-c2cnccc2C(=O)O)cc1. The van der Waals surface area contributed by atoms with Crippen LogP contribution >= 0.6 is 0 Å². The van der Waals surface area contributed by atoms with Crippen molar-refractivity contribution in [3.8, 4) is 11.1 Å². The van der Waals surface area contributed by atoms with Crippen LogP contribution in [0.3, 0.4) is 0 Å². The molecule has 19 heavy (non-hydrogen) atoms. The lowest BCUT2D eigenvalue weighted by Gasteiger charge is -2.06. The van der Waals surface area contributed by atoms with Gasteiger partial charge in [0.25, 0.3) is 0 Å². The Hall–Kier alpha value is -2.16. The van der Waals surface area contributed by atoms with Gasteiger partial charge in [-0.15, -0.1) is 0 Å². The minimum absolute atomic E-state index is 0.288. The van der Waals surface area contributed by atoms with Gasteiger partial charge in [-0.3, -0.25) is 4.98 Å². The molecule has 98 valence electrons. The number of aryl methyl sites for hydroxylation is 1. The van der Waals surface area contributed by atoms with Gasteiger partial charge in [0.15, 0.2) is 0 Å². The fourth-order valence-corrected chi connectivity index (χ4v) is 2.04. The molecule has 0 aliphatic carbocycles. The fourth-order valence-electron chi connectivity index (χ4n) is 2.04. The van der Waals surface area contributed by atoms with Crippen LogP contribution in [0.15, 0.2) is 42.7 Å². The molecule has 1 heterocycles. The van der Waals surface area contributed by atoms with Crippen LogP contribution in [0.5, 0.6) is 0 Å². The molecule has 1 aromatic heterocycles. The lowest BCUT2D eigenvalue weighted by atomic mass is 9.99. The summed E-state index contributed by atoms with van der Waals surface area (Å²) in [7, 11) is 0. The van der Waals surface area contributed by atoms with Crippen LogP contribution in [-0.4, -0.2) is 16.1 Å². The van der Waals surface area contributed by atoms with Crippen molar-refractivity contribution in [2.75, 3.05) is 0 Å². The van der Waals surface area contributed by atoms with Crippen LogP contribution in [0.4, 0.5) is 0 Å². The number of benzene rings is 1. The van der Waals surface area contributed by atoms with Crippen molar-refractivity contribution in [3.63, 3.8) is 0 Å². The molecule has 0 aliphatic heterocycles. The van der Waals surface area contributed by atoms with Crippen molar-refractivity contribution in [2.24, 2.45) is 0 Å². The smallest absolute Gasteiger partial charge is 0.336 e. The van der Waals surface area contributed by atoms with Gasteiger partial charge in [0, 0.05) is 18.0 Å². The summed E-state index contributed by atoms with van der Waals surface area (Å²) >= 11 is 0. The lowest BCUT2D eigenvalue weighted by Crippen LogP contribution is -1.99. The van der Waals surface area contributed by atoms with Crippen LogP contribution < -0.4 is 0 Å². The topological polar surface area (TPSA) is 50.2 Å². The maximum atomic E-state index is 11.2. The van der Waals surface area contributed by atoms with E-state index in [-0.39, 0.29) is 5.56 Å². The van der Waals surface area contributed by atoms with Crippen molar-refractivity contribution in [1.82, 2.24) is 4.98 Å². The summed E-state index contributed by atoms with van der Waals surface area (Å²) in [6.07, 6.45) is 6.52. The molecule has 3 nitrogen and oxygen atoms in total. The van der Waals surface area contributed by atoms with E-state index in [2.05, 4.69) is 24.0 Å². The predicted octanol–water partition coefficient (Wildman–Crippen LogP) is 3.79. The lowest BCUT2D eigenvalue weighted by molar-refractivity contribution is 0.0697. The van der Waals surface area contributed by atoms with Crippen LogP contribution in [0.1, 0.15) is 35.7 Å². The Balaban J connectivity index is 2.30. The highest BCUT2D eigenvalue weighted by atomic mass is 16.4. The third-order valence-electron chi connectivity index (χ3n) is 3.14. The first-order chi connectivity index (χ1) is 9.22. The van der Waals surface area contributed by atoms with Crippen LogP contribution in [0, 0.1) is 0 Å². The van der Waals surface area contributed by atoms with Gasteiger partial charge in [-0.25, -0.2) is 4.79 Å². The van der Waals surface area contributed by atoms with Crippen molar-refractivity contribution in [2.45, 2.75) is 26.2 Å². The normalized spacial score (nSPS) is 10.4. The van der Waals surface area contributed by atoms with E-state index in [1.54, 1.807) is 6.20 Å². The van der Waals surface area contributed by atoms with Crippen molar-refractivity contribution in [1.29, 1.82) is 0 Å². The molecule has 1 aromatic carbocycles. The summed E-state index contributed by atoms with van der Waals surface area (Å²) in [5.41, 5.74) is 3.13. The number of carboxylic acids is 1. The van der Waals surface area contributed by atoms with E-state index in [0.717, 1.165) is 12.0 Å². The van der Waals surface area contributed by atoms with Crippen molar-refractivity contribution < 1.29 is 9.90 Å². The van der Waals surface area contributed by atoms with Crippen molar-refractivity contribution >= 4 is 5.97 Å². The van der Waals surface area contributed by atoms with Gasteiger partial charge in [0.05, 0.1) is 5.56 Å². The quantitative estimate of drug-likeness (QED) is 0.884. The Morgan fingerprint density at radius 1 is 1.21 bits per heavy atom. The molecule has 0 fully saturated rings. The van der Waals surface area contributed by atoms with Crippen LogP contribution in [0.25, 0.3) is 11.1 Å². The fraction of sp³-hybridized carbons (Fsp3) is 0.250. The van der Waals surface area contributed by atoms with E-state index in [9.17, 15) is 4.79 Å². The number of carbonyl (C=O) groups is 1. The molecule has 3 heteroatoms. The third kappa shape index (κ3) is 3.19. The standard InChI is InChI=1S/C16H17NO2/c1-2-3-4-12-5-7-13(8-6-12)15-11-17-10-9-14(15)16(18)19/h5-11H,2-4H2,1H3,(H,18,19). The molecule has 0 saturated heterocycles. The van der Waals surface area contributed by atoms with Gasteiger partial charge in [-0.2, -0.15) is 0 Å². The first-order valence-electron chi connectivity index (χ1n) is 6.49. The molecule has 0 radical (unpaired) electrons. The second-order valence-electron chi connectivity index (χ2n) is 4.53. The number of hydrogen-bond acceptors (Lipinski definition) is 2. The highest BCUT2D eigenvalue weighted by Gasteiger charge is 2.11. The maximum absolute atomic E-state index is 11.2. The van der Waals surface area contributed by atoms with E-state index in [0.29, 0.717) is 5.56 Å². The molecule has 2 aromatic rings. The first-order valence-corrected chi connectivity index (χ1v) is 6.49. The van der Waals surface area contributed by atoms with E-state index < -0.39 is 5.97 Å². The summed E-state index contributed by atoms with van der Waals surface area (Å²) in [5, 5.41) is 9.17. The van der Waals surface area contributed by atoms with Gasteiger partial charge in [-0.1, -0.05) is 37.6 Å². The van der Waals surface area contributed by atoms with E-state index >= 15 is 0 Å². The molecule has 0 unspecified atom stereocenters. The van der Waals surface area contributed by atoms with Gasteiger partial charge >= 0.3 is 5.97 Å². The number of hydrogen-bond donors (Lipinski definition) is 1. The summed E-state index contributed by atoms with van der Waals surface area (Å²) in [6, 6.07) is 9.58. The highest BCUT2D eigenvalue weighted by Crippen LogP contribution is 2.23. The second-order valence-corrected chi connectivity index (χ2v) is 4.53. The third-order valence-corrected chi connectivity index (χ3v) is 3.14. The number of aromatic carboxylic acids is 1. The van der Waals surface area contributed by atoms with E-state index in [1.165, 1.54) is 30.7 Å². The molecule has 1 N–H and O–H groups in total. The Bertz CT molecular complexity index is 561.